The number of nitrogens with one attached hydrogen (secondary N) is 2. The highest BCUT2D eigenvalue weighted by Gasteiger charge is 2.61. The highest BCUT2D eigenvalue weighted by atomic mass is 16.6. The smallest absolute Gasteiger partial charge is 0.408 e. The molecule has 13 nitrogen and oxygen atoms in total. The van der Waals surface area contributed by atoms with E-state index in [9.17, 15) is 29.1 Å². The number of allylic oxidation sites excluding steroid dienone is 1. The summed E-state index contributed by atoms with van der Waals surface area (Å²) in [6.07, 6.45) is 6.48. The third kappa shape index (κ3) is 7.47. The van der Waals surface area contributed by atoms with Crippen molar-refractivity contribution in [3.05, 3.63) is 71.0 Å². The quantitative estimate of drug-likeness (QED) is 0.323. The maximum Gasteiger partial charge on any atom is 0.408 e. The summed E-state index contributed by atoms with van der Waals surface area (Å²) < 4.78 is 12.1. The zero-order valence-corrected chi connectivity index (χ0v) is 29.4. The van der Waals surface area contributed by atoms with Crippen LogP contribution < -0.4 is 20.9 Å². The van der Waals surface area contributed by atoms with Crippen LogP contribution in [-0.2, 0) is 19.1 Å². The van der Waals surface area contributed by atoms with Gasteiger partial charge in [-0.25, -0.2) is 14.3 Å². The number of fused-ring (bicyclic) bond motifs is 3. The molecule has 3 heterocycles. The molecule has 3 aliphatic rings. The second kappa shape index (κ2) is 14.2. The summed E-state index contributed by atoms with van der Waals surface area (Å²) >= 11 is 0. The third-order valence-corrected chi connectivity index (χ3v) is 9.87. The number of amides is 3. The fourth-order valence-electron chi connectivity index (χ4n) is 7.12. The van der Waals surface area contributed by atoms with E-state index in [4.69, 9.17) is 14.6 Å². The number of ether oxygens (including phenoxy) is 2. The molecule has 1 aliphatic carbocycles. The standard InChI is InChI=1S/C38H45N5O8/c1-37(2,3)51-36(49)39-29-15-9-7-5-6-8-12-24-21-38(24,35(47)48)40-32(44)30-20-25(22-42(30)34(29)46)43-33(45)28-14-11-10-13-27(28)31(41-43)23-16-18-26(50-4)19-17-23/h8,10-14,16-19,24-25,29-30H,5-7,9,15,20-22H2,1-4H3,(H,39,49)(H,40,44)(H,47,48)/t24-,25-,29+,30+,38?/m1/s1. The molecule has 270 valence electrons. The van der Waals surface area contributed by atoms with Crippen LogP contribution >= 0.6 is 0 Å². The Labute approximate surface area is 296 Å². The van der Waals surface area contributed by atoms with Crippen molar-refractivity contribution >= 4 is 34.6 Å². The number of hydrogen-bond acceptors (Lipinski definition) is 8. The Bertz CT molecular complexity index is 1920. The summed E-state index contributed by atoms with van der Waals surface area (Å²) in [6.45, 7) is 5.10. The van der Waals surface area contributed by atoms with E-state index in [1.165, 1.54) is 9.58 Å². The van der Waals surface area contributed by atoms with Gasteiger partial charge in [-0.05, 0) is 76.8 Å². The fraction of sp³-hybridized carbons (Fsp3) is 0.474. The van der Waals surface area contributed by atoms with Crippen LogP contribution in [0.5, 0.6) is 5.75 Å². The number of carbonyl (C=O) groups is 4. The van der Waals surface area contributed by atoms with Crippen molar-refractivity contribution in [2.24, 2.45) is 5.92 Å². The fourth-order valence-corrected chi connectivity index (χ4v) is 7.12. The van der Waals surface area contributed by atoms with Crippen molar-refractivity contribution in [3.63, 3.8) is 0 Å². The number of methoxy groups -OCH3 is 1. The third-order valence-electron chi connectivity index (χ3n) is 9.87. The summed E-state index contributed by atoms with van der Waals surface area (Å²) in [5, 5.41) is 21.6. The number of benzene rings is 2. The van der Waals surface area contributed by atoms with Crippen molar-refractivity contribution in [1.82, 2.24) is 25.3 Å². The zero-order chi connectivity index (χ0) is 36.5. The second-order valence-corrected chi connectivity index (χ2v) is 14.6. The Morgan fingerprint density at radius 3 is 2.43 bits per heavy atom. The predicted octanol–water partition coefficient (Wildman–Crippen LogP) is 4.59. The number of aliphatic carboxylic acids is 1. The van der Waals surface area contributed by atoms with Gasteiger partial charge in [-0.3, -0.25) is 14.4 Å². The molecule has 1 aromatic heterocycles. The average Bonchev–Trinajstić information content (AvgIpc) is 3.61. The maximum absolute atomic E-state index is 14.5. The highest BCUT2D eigenvalue weighted by Crippen LogP contribution is 2.45. The molecular formula is C38H45N5O8. The SMILES string of the molecule is COc1ccc(-c2nn([C@@H]3C[C@H]4C(=O)NC5(C(=O)O)C[C@H]5C=CCCCCC[C@H](NC(=O)OC(C)(C)C)C(=O)N4C3)c(=O)c3ccccc23)cc1. The summed E-state index contributed by atoms with van der Waals surface area (Å²) in [6, 6.07) is 11.5. The van der Waals surface area contributed by atoms with Crippen molar-refractivity contribution in [2.75, 3.05) is 13.7 Å². The van der Waals surface area contributed by atoms with Crippen LogP contribution in [-0.4, -0.2) is 80.5 Å². The van der Waals surface area contributed by atoms with Crippen molar-refractivity contribution < 1.29 is 33.8 Å². The van der Waals surface area contributed by atoms with E-state index in [1.54, 1.807) is 52.1 Å². The van der Waals surface area contributed by atoms with Gasteiger partial charge in [-0.1, -0.05) is 43.2 Å². The average molecular weight is 700 g/mol. The molecule has 1 unspecified atom stereocenters. The normalized spacial score (nSPS) is 25.5. The number of hydrogen-bond donors (Lipinski definition) is 3. The van der Waals surface area contributed by atoms with Crippen LogP contribution in [0.25, 0.3) is 22.0 Å². The molecule has 13 heteroatoms. The molecule has 0 radical (unpaired) electrons. The Morgan fingerprint density at radius 1 is 1.02 bits per heavy atom. The lowest BCUT2D eigenvalue weighted by Crippen LogP contribution is -2.56. The molecular weight excluding hydrogens is 654 g/mol. The molecule has 2 fully saturated rings. The Morgan fingerprint density at radius 2 is 1.75 bits per heavy atom. The molecule has 2 aliphatic heterocycles. The van der Waals surface area contributed by atoms with E-state index in [0.29, 0.717) is 35.1 Å². The van der Waals surface area contributed by atoms with Crippen LogP contribution in [0.2, 0.25) is 0 Å². The molecule has 0 spiro atoms. The summed E-state index contributed by atoms with van der Waals surface area (Å²) in [7, 11) is 1.57. The first-order valence-electron chi connectivity index (χ1n) is 17.5. The lowest BCUT2D eigenvalue weighted by atomic mass is 10.0. The van der Waals surface area contributed by atoms with Gasteiger partial charge in [0, 0.05) is 29.8 Å². The van der Waals surface area contributed by atoms with Gasteiger partial charge in [0.15, 0.2) is 0 Å². The number of carbonyl (C=O) groups excluding carboxylic acids is 3. The lowest BCUT2D eigenvalue weighted by Gasteiger charge is -2.30. The molecule has 0 bridgehead atoms. The van der Waals surface area contributed by atoms with Gasteiger partial charge in [-0.2, -0.15) is 5.10 Å². The molecule has 51 heavy (non-hydrogen) atoms. The topological polar surface area (TPSA) is 169 Å². The van der Waals surface area contributed by atoms with E-state index in [1.807, 2.05) is 36.4 Å². The lowest BCUT2D eigenvalue weighted by molar-refractivity contribution is -0.145. The van der Waals surface area contributed by atoms with Gasteiger partial charge in [-0.15, -0.1) is 0 Å². The molecule has 3 N–H and O–H groups in total. The number of carboxylic acid groups (broad SMARTS) is 1. The number of carboxylic acids is 1. The second-order valence-electron chi connectivity index (χ2n) is 14.6. The number of alkyl carbamates (subject to hydrolysis) is 1. The van der Waals surface area contributed by atoms with E-state index in [-0.39, 0.29) is 30.9 Å². The van der Waals surface area contributed by atoms with E-state index in [2.05, 4.69) is 10.6 Å². The molecule has 1 saturated carbocycles. The van der Waals surface area contributed by atoms with E-state index >= 15 is 0 Å². The summed E-state index contributed by atoms with van der Waals surface area (Å²) in [4.78, 5) is 69.5. The van der Waals surface area contributed by atoms with Gasteiger partial charge >= 0.3 is 12.1 Å². The Balaban J connectivity index is 1.40. The van der Waals surface area contributed by atoms with Crippen LogP contribution in [0.1, 0.15) is 71.8 Å². The van der Waals surface area contributed by atoms with Crippen LogP contribution in [0, 0.1) is 5.92 Å². The van der Waals surface area contributed by atoms with Crippen molar-refractivity contribution in [3.8, 4) is 17.0 Å². The number of aromatic nitrogens is 2. The molecule has 1 saturated heterocycles. The molecule has 2 aromatic carbocycles. The molecule has 3 aromatic rings. The van der Waals surface area contributed by atoms with Crippen LogP contribution in [0.15, 0.2) is 65.5 Å². The minimum atomic E-state index is -1.49. The van der Waals surface area contributed by atoms with E-state index < -0.39 is 53.1 Å². The minimum absolute atomic E-state index is 0.000233. The van der Waals surface area contributed by atoms with Gasteiger partial charge in [0.05, 0.1) is 24.2 Å². The first-order chi connectivity index (χ1) is 24.3. The monoisotopic (exact) mass is 699 g/mol. The number of rotatable bonds is 5. The van der Waals surface area contributed by atoms with Crippen molar-refractivity contribution in [1.29, 1.82) is 0 Å². The molecule has 3 amide bonds. The highest BCUT2D eigenvalue weighted by molar-refractivity contribution is 5.96. The van der Waals surface area contributed by atoms with Gasteiger partial charge in [0.25, 0.3) is 5.56 Å². The Hall–Kier alpha value is -5.20. The Kier molecular flexibility index (Phi) is 9.92. The summed E-state index contributed by atoms with van der Waals surface area (Å²) in [5.74, 6) is -2.04. The largest absolute Gasteiger partial charge is 0.497 e. The first-order valence-corrected chi connectivity index (χ1v) is 17.5. The van der Waals surface area contributed by atoms with Gasteiger partial charge < -0.3 is 30.1 Å². The van der Waals surface area contributed by atoms with Gasteiger partial charge in [0.2, 0.25) is 11.8 Å². The predicted molar refractivity (Wildman–Crippen MR) is 189 cm³/mol. The zero-order valence-electron chi connectivity index (χ0n) is 29.4. The minimum Gasteiger partial charge on any atom is -0.497 e. The van der Waals surface area contributed by atoms with Crippen molar-refractivity contribution in [2.45, 2.75) is 95.0 Å². The molecule has 5 atom stereocenters. The van der Waals surface area contributed by atoms with Crippen LogP contribution in [0.4, 0.5) is 4.79 Å². The summed E-state index contributed by atoms with van der Waals surface area (Å²) in [5.41, 5.74) is -1.41. The maximum atomic E-state index is 14.5. The number of nitrogens with zero attached hydrogens (tertiary/aromatic N) is 3. The molecule has 6 rings (SSSR count). The van der Waals surface area contributed by atoms with E-state index in [0.717, 1.165) is 24.8 Å². The first kappa shape index (κ1) is 35.6. The van der Waals surface area contributed by atoms with Gasteiger partial charge in [0.1, 0.15) is 29.0 Å². The van der Waals surface area contributed by atoms with Crippen LogP contribution in [0.3, 0.4) is 0 Å².